The third kappa shape index (κ3) is 3.55. The molecule has 0 radical (unpaired) electrons. The molecule has 1 unspecified atom stereocenters. The minimum absolute atomic E-state index is 0.0538. The highest BCUT2D eigenvalue weighted by atomic mass is 19.1. The Morgan fingerprint density at radius 3 is 2.70 bits per heavy atom. The molecule has 0 spiro atoms. The van der Waals surface area contributed by atoms with Crippen molar-refractivity contribution >= 4 is 5.97 Å². The molecule has 4 nitrogen and oxygen atoms in total. The number of halogens is 1. The molecule has 0 saturated carbocycles. The third-order valence-corrected chi connectivity index (χ3v) is 3.82. The monoisotopic (exact) mass is 281 g/mol. The number of benzene rings is 1. The Morgan fingerprint density at radius 2 is 2.10 bits per heavy atom. The summed E-state index contributed by atoms with van der Waals surface area (Å²) in [5.41, 5.74) is 0.322. The smallest absolute Gasteiger partial charge is 0.308 e. The Labute approximate surface area is 118 Å². The summed E-state index contributed by atoms with van der Waals surface area (Å²) in [6, 6.07) is 6.27. The van der Waals surface area contributed by atoms with Gasteiger partial charge < -0.3 is 14.7 Å². The van der Waals surface area contributed by atoms with Gasteiger partial charge in [-0.25, -0.2) is 4.39 Å². The molecule has 1 aromatic rings. The maximum Gasteiger partial charge on any atom is 0.308 e. The van der Waals surface area contributed by atoms with E-state index in [1.807, 2.05) is 0 Å². The van der Waals surface area contributed by atoms with Gasteiger partial charge in [0, 0.05) is 12.1 Å². The summed E-state index contributed by atoms with van der Waals surface area (Å²) in [4.78, 5) is 13.5. The minimum Gasteiger partial charge on any atom is -0.469 e. The molecule has 1 heterocycles. The molecule has 1 aliphatic heterocycles. The second-order valence-electron chi connectivity index (χ2n) is 5.14. The number of methoxy groups -OCH3 is 1. The average Bonchev–Trinajstić information content (AvgIpc) is 2.47. The fourth-order valence-corrected chi connectivity index (χ4v) is 2.61. The number of esters is 1. The molecule has 1 saturated heterocycles. The normalized spacial score (nSPS) is 18.8. The van der Waals surface area contributed by atoms with Gasteiger partial charge in [0.05, 0.1) is 19.1 Å². The van der Waals surface area contributed by atoms with E-state index in [1.54, 1.807) is 18.2 Å². The second kappa shape index (κ2) is 6.81. The molecule has 1 atom stereocenters. The largest absolute Gasteiger partial charge is 0.469 e. The summed E-state index contributed by atoms with van der Waals surface area (Å²) in [6.07, 6.45) is 0.596. The van der Waals surface area contributed by atoms with Crippen molar-refractivity contribution in [1.82, 2.24) is 4.90 Å². The predicted octanol–water partition coefficient (Wildman–Crippen LogP) is 1.74. The van der Waals surface area contributed by atoms with E-state index in [2.05, 4.69) is 4.90 Å². The van der Waals surface area contributed by atoms with Crippen LogP contribution in [0.3, 0.4) is 0 Å². The van der Waals surface area contributed by atoms with Crippen molar-refractivity contribution in [3.63, 3.8) is 0 Å². The second-order valence-corrected chi connectivity index (χ2v) is 5.14. The fraction of sp³-hybridized carbons (Fsp3) is 0.533. The fourth-order valence-electron chi connectivity index (χ4n) is 2.61. The summed E-state index contributed by atoms with van der Waals surface area (Å²) in [6.45, 7) is 1.81. The molecule has 20 heavy (non-hydrogen) atoms. The highest BCUT2D eigenvalue weighted by molar-refractivity contribution is 5.72. The number of carbonyl (C=O) groups excluding carboxylic acids is 1. The molecule has 0 aromatic heterocycles. The first kappa shape index (κ1) is 14.9. The van der Waals surface area contributed by atoms with E-state index in [-0.39, 0.29) is 17.7 Å². The maximum absolute atomic E-state index is 13.6. The van der Waals surface area contributed by atoms with Crippen LogP contribution in [0.4, 0.5) is 4.39 Å². The van der Waals surface area contributed by atoms with Gasteiger partial charge in [-0.05, 0) is 32.0 Å². The van der Waals surface area contributed by atoms with Crippen LogP contribution in [0, 0.1) is 11.7 Å². The van der Waals surface area contributed by atoms with Gasteiger partial charge in [-0.3, -0.25) is 4.79 Å². The van der Waals surface area contributed by atoms with Gasteiger partial charge in [-0.2, -0.15) is 0 Å². The first-order valence-electron chi connectivity index (χ1n) is 6.84. The number of hydrogen-bond acceptors (Lipinski definition) is 4. The van der Waals surface area contributed by atoms with E-state index in [0.29, 0.717) is 25.2 Å². The Morgan fingerprint density at radius 1 is 1.45 bits per heavy atom. The Bertz CT molecular complexity index is 458. The van der Waals surface area contributed by atoms with E-state index in [4.69, 9.17) is 4.74 Å². The molecular weight excluding hydrogens is 261 g/mol. The van der Waals surface area contributed by atoms with Crippen LogP contribution in [-0.4, -0.2) is 42.7 Å². The number of hydrogen-bond donors (Lipinski definition) is 1. The van der Waals surface area contributed by atoms with E-state index in [1.165, 1.54) is 13.2 Å². The van der Waals surface area contributed by atoms with Crippen LogP contribution >= 0.6 is 0 Å². The summed E-state index contributed by atoms with van der Waals surface area (Å²) in [7, 11) is 1.40. The third-order valence-electron chi connectivity index (χ3n) is 3.82. The topological polar surface area (TPSA) is 49.8 Å². The van der Waals surface area contributed by atoms with Gasteiger partial charge in [-0.1, -0.05) is 18.2 Å². The summed E-state index contributed by atoms with van der Waals surface area (Å²) >= 11 is 0. The van der Waals surface area contributed by atoms with Crippen molar-refractivity contribution in [3.8, 4) is 0 Å². The zero-order valence-corrected chi connectivity index (χ0v) is 11.6. The lowest BCUT2D eigenvalue weighted by Crippen LogP contribution is -2.39. The van der Waals surface area contributed by atoms with Gasteiger partial charge in [0.15, 0.2) is 0 Å². The van der Waals surface area contributed by atoms with Crippen LogP contribution < -0.4 is 0 Å². The zero-order valence-electron chi connectivity index (χ0n) is 11.6. The van der Waals surface area contributed by atoms with Crippen LogP contribution in [0.15, 0.2) is 24.3 Å². The standard InChI is InChI=1S/C15H20FNO3/c1-20-15(19)11-6-8-17(9-7-11)10-14(18)12-4-2-3-5-13(12)16/h2-5,11,14,18H,6-10H2,1H3. The number of rotatable bonds is 4. The Balaban J connectivity index is 1.87. The van der Waals surface area contributed by atoms with Crippen molar-refractivity contribution in [2.45, 2.75) is 18.9 Å². The molecule has 0 amide bonds. The molecule has 1 aromatic carbocycles. The molecule has 5 heteroatoms. The average molecular weight is 281 g/mol. The summed E-state index contributed by atoms with van der Waals surface area (Å²) in [5, 5.41) is 10.1. The molecule has 1 fully saturated rings. The van der Waals surface area contributed by atoms with Crippen LogP contribution in [0.5, 0.6) is 0 Å². The van der Waals surface area contributed by atoms with Gasteiger partial charge in [0.1, 0.15) is 5.82 Å². The zero-order chi connectivity index (χ0) is 14.5. The number of β-amino-alcohol motifs (C(OH)–C–C–N with tert-alkyl or cyclic N) is 1. The lowest BCUT2D eigenvalue weighted by Gasteiger charge is -2.32. The maximum atomic E-state index is 13.6. The molecule has 0 aliphatic carbocycles. The van der Waals surface area contributed by atoms with Crippen molar-refractivity contribution in [2.24, 2.45) is 5.92 Å². The van der Waals surface area contributed by atoms with E-state index >= 15 is 0 Å². The number of aliphatic hydroxyl groups excluding tert-OH is 1. The first-order chi connectivity index (χ1) is 9.61. The first-order valence-corrected chi connectivity index (χ1v) is 6.84. The minimum atomic E-state index is -0.842. The molecule has 1 N–H and O–H groups in total. The number of carbonyl (C=O) groups is 1. The van der Waals surface area contributed by atoms with Crippen LogP contribution in [0.1, 0.15) is 24.5 Å². The van der Waals surface area contributed by atoms with Crippen LogP contribution in [0.25, 0.3) is 0 Å². The summed E-state index contributed by atoms with van der Waals surface area (Å²) < 4.78 is 18.3. The van der Waals surface area contributed by atoms with Crippen molar-refractivity contribution in [1.29, 1.82) is 0 Å². The number of ether oxygens (including phenoxy) is 1. The Hall–Kier alpha value is -1.46. The van der Waals surface area contributed by atoms with Gasteiger partial charge in [0.25, 0.3) is 0 Å². The van der Waals surface area contributed by atoms with Gasteiger partial charge in [0.2, 0.25) is 0 Å². The highest BCUT2D eigenvalue weighted by Crippen LogP contribution is 2.22. The van der Waals surface area contributed by atoms with Crippen molar-refractivity contribution in [2.75, 3.05) is 26.7 Å². The van der Waals surface area contributed by atoms with E-state index in [0.717, 1.165) is 12.8 Å². The highest BCUT2D eigenvalue weighted by Gasteiger charge is 2.27. The van der Waals surface area contributed by atoms with Gasteiger partial charge in [-0.15, -0.1) is 0 Å². The van der Waals surface area contributed by atoms with Crippen molar-refractivity contribution in [3.05, 3.63) is 35.6 Å². The van der Waals surface area contributed by atoms with Crippen molar-refractivity contribution < 1.29 is 19.0 Å². The predicted molar refractivity (Wildman–Crippen MR) is 72.5 cm³/mol. The van der Waals surface area contributed by atoms with Crippen LogP contribution in [0.2, 0.25) is 0 Å². The number of likely N-dealkylation sites (tertiary alicyclic amines) is 1. The molecule has 0 bridgehead atoms. The molecule has 2 rings (SSSR count). The van der Waals surface area contributed by atoms with Gasteiger partial charge >= 0.3 is 5.97 Å². The lowest BCUT2D eigenvalue weighted by molar-refractivity contribution is -0.147. The quantitative estimate of drug-likeness (QED) is 0.854. The van der Waals surface area contributed by atoms with E-state index < -0.39 is 6.10 Å². The Kier molecular flexibility index (Phi) is 5.09. The van der Waals surface area contributed by atoms with Crippen LogP contribution in [-0.2, 0) is 9.53 Å². The number of nitrogens with zero attached hydrogens (tertiary/aromatic N) is 1. The number of piperidine rings is 1. The molecule has 1 aliphatic rings. The number of aliphatic hydroxyl groups is 1. The van der Waals surface area contributed by atoms with E-state index in [9.17, 15) is 14.3 Å². The molecular formula is C15H20FNO3. The SMILES string of the molecule is COC(=O)C1CCN(CC(O)c2ccccc2F)CC1. The molecule has 110 valence electrons. The lowest BCUT2D eigenvalue weighted by atomic mass is 9.96. The summed E-state index contributed by atoms with van der Waals surface area (Å²) in [5.74, 6) is -0.606.